The normalized spacial score (nSPS) is 10.3. The van der Waals surface area contributed by atoms with E-state index in [9.17, 15) is 10.4 Å². The number of hydrogen-bond acceptors (Lipinski definition) is 6. The first-order chi connectivity index (χ1) is 9.36. The predicted octanol–water partition coefficient (Wildman–Crippen LogP) is 2.16. The molecule has 1 aromatic carbocycles. The Morgan fingerprint density at radius 1 is 1.30 bits per heavy atom. The lowest BCUT2D eigenvalue weighted by atomic mass is 9.98. The second-order valence-electron chi connectivity index (χ2n) is 4.33. The van der Waals surface area contributed by atoms with Crippen LogP contribution in [0.25, 0.3) is 11.3 Å². The summed E-state index contributed by atoms with van der Waals surface area (Å²) in [5.41, 5.74) is 13.0. The topological polar surface area (TPSA) is 122 Å². The second kappa shape index (κ2) is 4.87. The van der Waals surface area contributed by atoms with E-state index in [-0.39, 0.29) is 28.8 Å². The van der Waals surface area contributed by atoms with Crippen LogP contribution in [0.5, 0.6) is 5.75 Å². The third-order valence-electron chi connectivity index (χ3n) is 2.99. The number of nitrogens with zero attached hydrogens (tertiary/aromatic N) is 3. The molecule has 0 aliphatic heterocycles. The number of rotatable bonds is 1. The minimum absolute atomic E-state index is 0.0131. The fraction of sp³-hybridized carbons (Fsp3) is 0.154. The van der Waals surface area contributed by atoms with Crippen molar-refractivity contribution in [2.45, 2.75) is 13.8 Å². The number of phenolic OH excluding ortho intramolecular Hbond substituents is 1. The van der Waals surface area contributed by atoms with Crippen molar-refractivity contribution in [2.75, 3.05) is 11.5 Å². The number of halogens is 1. The molecule has 7 heteroatoms. The number of anilines is 2. The SMILES string of the molecule is Cc1cc(Cl)c(C)c(-c2nc(N)nc(N)c2C#N)c1O. The molecule has 5 N–H and O–H groups in total. The summed E-state index contributed by atoms with van der Waals surface area (Å²) >= 11 is 6.12. The van der Waals surface area contributed by atoms with Crippen LogP contribution >= 0.6 is 11.6 Å². The molecule has 0 radical (unpaired) electrons. The average Bonchev–Trinajstić information content (AvgIpc) is 2.36. The maximum absolute atomic E-state index is 10.2. The Kier molecular flexibility index (Phi) is 3.38. The number of aromatic hydroxyl groups is 1. The summed E-state index contributed by atoms with van der Waals surface area (Å²) in [5, 5.41) is 19.9. The Morgan fingerprint density at radius 3 is 2.55 bits per heavy atom. The molecule has 0 saturated heterocycles. The van der Waals surface area contributed by atoms with Crippen molar-refractivity contribution in [3.8, 4) is 23.1 Å². The highest BCUT2D eigenvalue weighted by atomic mass is 35.5. The molecule has 2 rings (SSSR count). The second-order valence-corrected chi connectivity index (χ2v) is 4.73. The van der Waals surface area contributed by atoms with Gasteiger partial charge in [0.1, 0.15) is 23.2 Å². The van der Waals surface area contributed by atoms with Gasteiger partial charge in [-0.1, -0.05) is 11.6 Å². The lowest BCUT2D eigenvalue weighted by Crippen LogP contribution is -2.06. The zero-order chi connectivity index (χ0) is 15.0. The predicted molar refractivity (Wildman–Crippen MR) is 77.2 cm³/mol. The Labute approximate surface area is 120 Å². The maximum atomic E-state index is 10.2. The van der Waals surface area contributed by atoms with Crippen molar-refractivity contribution in [1.29, 1.82) is 5.26 Å². The van der Waals surface area contributed by atoms with Gasteiger partial charge in [-0.2, -0.15) is 10.2 Å². The number of nitrogens with two attached hydrogens (primary N) is 2. The number of benzene rings is 1. The van der Waals surface area contributed by atoms with Crippen LogP contribution in [0.3, 0.4) is 0 Å². The highest BCUT2D eigenvalue weighted by molar-refractivity contribution is 6.32. The minimum atomic E-state index is -0.0760. The highest BCUT2D eigenvalue weighted by Crippen LogP contribution is 2.40. The largest absolute Gasteiger partial charge is 0.507 e. The molecule has 0 atom stereocenters. The first-order valence-corrected chi connectivity index (χ1v) is 6.06. The zero-order valence-corrected chi connectivity index (χ0v) is 11.7. The molecule has 1 heterocycles. The molecular formula is C13H12ClN5O. The van der Waals surface area contributed by atoms with Crippen LogP contribution in [0.4, 0.5) is 11.8 Å². The van der Waals surface area contributed by atoms with Crippen LogP contribution in [0.15, 0.2) is 6.07 Å². The molecule has 2 aromatic rings. The van der Waals surface area contributed by atoms with E-state index in [2.05, 4.69) is 9.97 Å². The van der Waals surface area contributed by atoms with E-state index in [1.54, 1.807) is 19.9 Å². The summed E-state index contributed by atoms with van der Waals surface area (Å²) in [6.07, 6.45) is 0. The van der Waals surface area contributed by atoms with Gasteiger partial charge < -0.3 is 16.6 Å². The van der Waals surface area contributed by atoms with E-state index >= 15 is 0 Å². The molecule has 102 valence electrons. The van der Waals surface area contributed by atoms with Crippen molar-refractivity contribution >= 4 is 23.4 Å². The molecule has 0 bridgehead atoms. The number of nitriles is 1. The number of aromatic nitrogens is 2. The number of nitrogen functional groups attached to an aromatic ring is 2. The van der Waals surface area contributed by atoms with E-state index in [1.165, 1.54) is 0 Å². The number of phenols is 1. The van der Waals surface area contributed by atoms with Gasteiger partial charge in [0.15, 0.2) is 0 Å². The van der Waals surface area contributed by atoms with Crippen LogP contribution in [0.1, 0.15) is 16.7 Å². The lowest BCUT2D eigenvalue weighted by Gasteiger charge is -2.14. The molecule has 0 spiro atoms. The van der Waals surface area contributed by atoms with E-state index in [1.807, 2.05) is 6.07 Å². The standard InChI is InChI=1S/C13H12ClN5O/c1-5-3-8(14)6(2)9(11(5)20)10-7(4-15)12(16)19-13(17)18-10/h3,20H,1-2H3,(H4,16,17,18,19). The molecule has 20 heavy (non-hydrogen) atoms. The van der Waals surface area contributed by atoms with Gasteiger partial charge in [-0.3, -0.25) is 0 Å². The van der Waals surface area contributed by atoms with E-state index < -0.39 is 0 Å². The van der Waals surface area contributed by atoms with Crippen LogP contribution in [0.2, 0.25) is 5.02 Å². The van der Waals surface area contributed by atoms with Crippen LogP contribution in [-0.4, -0.2) is 15.1 Å². The number of aryl methyl sites for hydroxylation is 1. The molecule has 1 aromatic heterocycles. The van der Waals surface area contributed by atoms with Crippen LogP contribution in [-0.2, 0) is 0 Å². The number of hydrogen-bond donors (Lipinski definition) is 3. The van der Waals surface area contributed by atoms with Crippen molar-refractivity contribution in [2.24, 2.45) is 0 Å². The Bertz CT molecular complexity index is 725. The summed E-state index contributed by atoms with van der Waals surface area (Å²) in [6.45, 7) is 3.41. The van der Waals surface area contributed by atoms with Crippen molar-refractivity contribution < 1.29 is 5.11 Å². The summed E-state index contributed by atoms with van der Waals surface area (Å²) in [7, 11) is 0. The van der Waals surface area contributed by atoms with Crippen LogP contribution < -0.4 is 11.5 Å². The first kappa shape index (κ1) is 13.9. The Morgan fingerprint density at radius 2 is 1.95 bits per heavy atom. The Balaban J connectivity index is 2.93. The van der Waals surface area contributed by atoms with Gasteiger partial charge in [0.05, 0.1) is 5.69 Å². The lowest BCUT2D eigenvalue weighted by molar-refractivity contribution is 0.472. The van der Waals surface area contributed by atoms with Crippen molar-refractivity contribution in [1.82, 2.24) is 9.97 Å². The maximum Gasteiger partial charge on any atom is 0.222 e. The van der Waals surface area contributed by atoms with E-state index in [0.717, 1.165) is 0 Å². The molecule has 0 aliphatic carbocycles. The minimum Gasteiger partial charge on any atom is -0.507 e. The van der Waals surface area contributed by atoms with Crippen molar-refractivity contribution in [3.05, 3.63) is 27.8 Å². The summed E-state index contributed by atoms with van der Waals surface area (Å²) in [5.74, 6) is -0.125. The summed E-state index contributed by atoms with van der Waals surface area (Å²) in [4.78, 5) is 7.77. The van der Waals surface area contributed by atoms with E-state index in [0.29, 0.717) is 21.7 Å². The molecule has 0 aliphatic rings. The van der Waals surface area contributed by atoms with Gasteiger partial charge >= 0.3 is 0 Å². The third-order valence-corrected chi connectivity index (χ3v) is 3.38. The molecular weight excluding hydrogens is 278 g/mol. The molecule has 0 fully saturated rings. The highest BCUT2D eigenvalue weighted by Gasteiger charge is 2.21. The molecule has 0 unspecified atom stereocenters. The molecule has 0 saturated carbocycles. The fourth-order valence-corrected chi connectivity index (χ4v) is 2.20. The van der Waals surface area contributed by atoms with Gasteiger partial charge in [0.2, 0.25) is 5.95 Å². The summed E-state index contributed by atoms with van der Waals surface area (Å²) in [6, 6.07) is 3.56. The third kappa shape index (κ3) is 2.08. The van der Waals surface area contributed by atoms with Gasteiger partial charge in [0, 0.05) is 10.6 Å². The van der Waals surface area contributed by atoms with Crippen molar-refractivity contribution in [3.63, 3.8) is 0 Å². The molecule has 0 amide bonds. The summed E-state index contributed by atoms with van der Waals surface area (Å²) < 4.78 is 0. The smallest absolute Gasteiger partial charge is 0.222 e. The first-order valence-electron chi connectivity index (χ1n) is 5.69. The van der Waals surface area contributed by atoms with Gasteiger partial charge in [-0.15, -0.1) is 0 Å². The van der Waals surface area contributed by atoms with Gasteiger partial charge in [-0.05, 0) is 31.0 Å². The zero-order valence-electron chi connectivity index (χ0n) is 10.9. The Hall–Kier alpha value is -2.52. The van der Waals surface area contributed by atoms with Crippen LogP contribution in [0, 0.1) is 25.2 Å². The van der Waals surface area contributed by atoms with Gasteiger partial charge in [-0.25, -0.2) is 4.98 Å². The van der Waals surface area contributed by atoms with Gasteiger partial charge in [0.25, 0.3) is 0 Å². The quantitative estimate of drug-likeness (QED) is 0.739. The fourth-order valence-electron chi connectivity index (χ4n) is 1.94. The monoisotopic (exact) mass is 289 g/mol. The van der Waals surface area contributed by atoms with E-state index in [4.69, 9.17) is 23.1 Å². The molecule has 6 nitrogen and oxygen atoms in total. The average molecular weight is 290 g/mol.